The highest BCUT2D eigenvalue weighted by Crippen LogP contribution is 2.35. The van der Waals surface area contributed by atoms with Crippen LogP contribution in [-0.2, 0) is 0 Å². The van der Waals surface area contributed by atoms with E-state index in [1.165, 1.54) is 6.07 Å². The Kier molecular flexibility index (Phi) is 3.88. The number of alkyl halides is 1. The molecular formula is C14H10Cl2F2. The van der Waals surface area contributed by atoms with Gasteiger partial charge >= 0.3 is 0 Å². The highest BCUT2D eigenvalue weighted by Gasteiger charge is 2.16. The third kappa shape index (κ3) is 2.50. The lowest BCUT2D eigenvalue weighted by Gasteiger charge is -2.13. The molecule has 4 heteroatoms. The number of hydrogen-bond donors (Lipinski definition) is 0. The minimum Gasteiger partial charge on any atom is -0.204 e. The summed E-state index contributed by atoms with van der Waals surface area (Å²) in [6, 6.07) is 9.06. The fraction of sp³-hybridized carbons (Fsp3) is 0.143. The highest BCUT2D eigenvalue weighted by molar-refractivity contribution is 6.33. The monoisotopic (exact) mass is 286 g/mol. The third-order valence-electron chi connectivity index (χ3n) is 2.73. The summed E-state index contributed by atoms with van der Waals surface area (Å²) in [5.74, 6) is -1.81. The van der Waals surface area contributed by atoms with Crippen LogP contribution in [0.4, 0.5) is 8.78 Å². The molecule has 0 aromatic heterocycles. The molecule has 0 aliphatic carbocycles. The minimum absolute atomic E-state index is 0.475. The van der Waals surface area contributed by atoms with Crippen LogP contribution >= 0.6 is 23.2 Å². The van der Waals surface area contributed by atoms with Crippen molar-refractivity contribution in [2.75, 3.05) is 0 Å². The van der Waals surface area contributed by atoms with Gasteiger partial charge < -0.3 is 0 Å². The van der Waals surface area contributed by atoms with Gasteiger partial charge in [-0.2, -0.15) is 0 Å². The fourth-order valence-corrected chi connectivity index (χ4v) is 2.32. The molecule has 94 valence electrons. The zero-order chi connectivity index (χ0) is 13.3. The Labute approximate surface area is 114 Å². The molecule has 2 aromatic carbocycles. The van der Waals surface area contributed by atoms with Crippen molar-refractivity contribution in [3.8, 4) is 0 Å². The molecule has 1 atom stereocenters. The minimum atomic E-state index is -0.915. The maximum atomic E-state index is 13.2. The lowest BCUT2D eigenvalue weighted by Crippen LogP contribution is -1.97. The van der Waals surface area contributed by atoms with E-state index in [0.29, 0.717) is 16.1 Å². The summed E-state index contributed by atoms with van der Waals surface area (Å²) in [7, 11) is 0. The van der Waals surface area contributed by atoms with E-state index in [4.69, 9.17) is 23.2 Å². The summed E-state index contributed by atoms with van der Waals surface area (Å²) in [5, 5.41) is -0.0604. The van der Waals surface area contributed by atoms with Crippen LogP contribution in [-0.4, -0.2) is 0 Å². The van der Waals surface area contributed by atoms with E-state index >= 15 is 0 Å². The van der Waals surface area contributed by atoms with Crippen LogP contribution in [0.1, 0.15) is 22.1 Å². The molecule has 0 amide bonds. The first-order valence-corrected chi connectivity index (χ1v) is 6.16. The predicted molar refractivity (Wildman–Crippen MR) is 70.2 cm³/mol. The number of halogens is 4. The topological polar surface area (TPSA) is 0 Å². The first kappa shape index (κ1) is 13.3. The summed E-state index contributed by atoms with van der Waals surface area (Å²) in [6.45, 7) is 1.86. The van der Waals surface area contributed by atoms with Gasteiger partial charge in [-0.05, 0) is 35.7 Å². The lowest BCUT2D eigenvalue weighted by atomic mass is 10.0. The van der Waals surface area contributed by atoms with Crippen LogP contribution in [0.5, 0.6) is 0 Å². The van der Waals surface area contributed by atoms with E-state index in [2.05, 4.69) is 0 Å². The summed E-state index contributed by atoms with van der Waals surface area (Å²) in [4.78, 5) is 0. The Morgan fingerprint density at radius 1 is 1.06 bits per heavy atom. The molecule has 0 aliphatic heterocycles. The van der Waals surface area contributed by atoms with Crippen LogP contribution in [0, 0.1) is 18.6 Å². The average molecular weight is 287 g/mol. The average Bonchev–Trinajstić information content (AvgIpc) is 2.35. The zero-order valence-electron chi connectivity index (χ0n) is 9.55. The molecule has 0 nitrogen and oxygen atoms in total. The van der Waals surface area contributed by atoms with Crippen LogP contribution in [0.25, 0.3) is 0 Å². The number of hydrogen-bond acceptors (Lipinski definition) is 0. The quantitative estimate of drug-likeness (QED) is 0.661. The van der Waals surface area contributed by atoms with Crippen LogP contribution < -0.4 is 0 Å². The maximum Gasteiger partial charge on any atom is 0.159 e. The smallest absolute Gasteiger partial charge is 0.159 e. The molecule has 0 aliphatic rings. The van der Waals surface area contributed by atoms with Gasteiger partial charge in [0.2, 0.25) is 0 Å². The molecule has 0 radical (unpaired) electrons. The van der Waals surface area contributed by atoms with Crippen LogP contribution in [0.3, 0.4) is 0 Å². The lowest BCUT2D eigenvalue weighted by molar-refractivity contribution is 0.507. The van der Waals surface area contributed by atoms with Crippen molar-refractivity contribution in [2.45, 2.75) is 12.3 Å². The Morgan fingerprint density at radius 2 is 1.78 bits per heavy atom. The molecule has 18 heavy (non-hydrogen) atoms. The molecule has 2 rings (SSSR count). The second kappa shape index (κ2) is 5.25. The summed E-state index contributed by atoms with van der Waals surface area (Å²) < 4.78 is 26.0. The van der Waals surface area contributed by atoms with E-state index in [1.807, 2.05) is 19.1 Å². The maximum absolute atomic E-state index is 13.2. The largest absolute Gasteiger partial charge is 0.204 e. The zero-order valence-corrected chi connectivity index (χ0v) is 11.1. The van der Waals surface area contributed by atoms with Gasteiger partial charge in [-0.15, -0.1) is 11.6 Å². The van der Waals surface area contributed by atoms with Gasteiger partial charge in [-0.3, -0.25) is 0 Å². The molecule has 0 bridgehead atoms. The molecule has 0 spiro atoms. The van der Waals surface area contributed by atoms with Crippen molar-refractivity contribution in [3.05, 3.63) is 69.7 Å². The van der Waals surface area contributed by atoms with Crippen LogP contribution in [0.2, 0.25) is 5.02 Å². The van der Waals surface area contributed by atoms with Gasteiger partial charge in [-0.25, -0.2) is 8.78 Å². The van der Waals surface area contributed by atoms with Gasteiger partial charge in [0.25, 0.3) is 0 Å². The molecule has 0 heterocycles. The molecule has 2 aromatic rings. The van der Waals surface area contributed by atoms with E-state index in [0.717, 1.165) is 17.7 Å². The normalized spacial score (nSPS) is 12.5. The van der Waals surface area contributed by atoms with Gasteiger partial charge in [-0.1, -0.05) is 35.9 Å². The van der Waals surface area contributed by atoms with Crippen molar-refractivity contribution in [1.82, 2.24) is 0 Å². The van der Waals surface area contributed by atoms with Gasteiger partial charge in [0.1, 0.15) is 0 Å². The molecule has 0 saturated heterocycles. The van der Waals surface area contributed by atoms with E-state index in [-0.39, 0.29) is 0 Å². The summed E-state index contributed by atoms with van der Waals surface area (Å²) >= 11 is 12.4. The molecule has 0 saturated carbocycles. The van der Waals surface area contributed by atoms with E-state index < -0.39 is 17.0 Å². The van der Waals surface area contributed by atoms with Crippen LogP contribution in [0.15, 0.2) is 36.4 Å². The molecule has 1 unspecified atom stereocenters. The summed E-state index contributed by atoms with van der Waals surface area (Å²) in [5.41, 5.74) is 2.05. The Morgan fingerprint density at radius 3 is 2.44 bits per heavy atom. The second-order valence-electron chi connectivity index (χ2n) is 4.01. The Balaban J connectivity index is 2.44. The standard InChI is InChI=1S/C14H10Cl2F2/c1-8-3-2-4-10(13(8)15)14(16)9-5-6-11(17)12(18)7-9/h2-7,14H,1H3. The van der Waals surface area contributed by atoms with Crippen molar-refractivity contribution in [2.24, 2.45) is 0 Å². The molecule has 0 N–H and O–H groups in total. The van der Waals surface area contributed by atoms with E-state index in [9.17, 15) is 8.78 Å². The summed E-state index contributed by atoms with van der Waals surface area (Å²) in [6.07, 6.45) is 0. The number of benzene rings is 2. The second-order valence-corrected chi connectivity index (χ2v) is 4.83. The molecule has 0 fully saturated rings. The number of aryl methyl sites for hydroxylation is 1. The van der Waals surface area contributed by atoms with Crippen molar-refractivity contribution in [3.63, 3.8) is 0 Å². The predicted octanol–water partition coefficient (Wildman–Crippen LogP) is 5.25. The Bertz CT molecular complexity index is 582. The fourth-order valence-electron chi connectivity index (χ4n) is 1.72. The van der Waals surface area contributed by atoms with Gasteiger partial charge in [0, 0.05) is 5.02 Å². The number of rotatable bonds is 2. The highest BCUT2D eigenvalue weighted by atomic mass is 35.5. The molecular weight excluding hydrogens is 277 g/mol. The van der Waals surface area contributed by atoms with Crippen molar-refractivity contribution >= 4 is 23.2 Å². The van der Waals surface area contributed by atoms with Gasteiger partial charge in [0.05, 0.1) is 5.38 Å². The SMILES string of the molecule is Cc1cccc(C(Cl)c2ccc(F)c(F)c2)c1Cl. The Hall–Kier alpha value is -1.12. The van der Waals surface area contributed by atoms with Crippen molar-refractivity contribution < 1.29 is 8.78 Å². The first-order chi connectivity index (χ1) is 8.50. The first-order valence-electron chi connectivity index (χ1n) is 5.34. The van der Waals surface area contributed by atoms with Crippen molar-refractivity contribution in [1.29, 1.82) is 0 Å². The van der Waals surface area contributed by atoms with E-state index in [1.54, 1.807) is 6.07 Å². The van der Waals surface area contributed by atoms with Gasteiger partial charge in [0.15, 0.2) is 11.6 Å². The third-order valence-corrected chi connectivity index (χ3v) is 3.73.